The summed E-state index contributed by atoms with van der Waals surface area (Å²) in [4.78, 5) is 8.13. The Morgan fingerprint density at radius 2 is 1.75 bits per heavy atom. The van der Waals surface area contributed by atoms with Crippen LogP contribution in [0.1, 0.15) is 23.1 Å². The zero-order chi connectivity index (χ0) is 22.7. The maximum absolute atomic E-state index is 13.1. The van der Waals surface area contributed by atoms with E-state index in [4.69, 9.17) is 21.8 Å². The quantitative estimate of drug-likeness (QED) is 0.314. The molecule has 7 nitrogen and oxygen atoms in total. The van der Waals surface area contributed by atoms with Crippen LogP contribution in [-0.4, -0.2) is 28.6 Å². The smallest absolute Gasteiger partial charge is 0.264 e. The van der Waals surface area contributed by atoms with Crippen molar-refractivity contribution >= 4 is 38.2 Å². The number of hydrogen-bond acceptors (Lipinski definition) is 6. The standard InChI is InChI=1S/C23H16ClN3O4S/c24-18-12-17-5-3-7-21(22(17)26-14-18)32(30,31)27-19-6-2-1-4-16(19)10-8-15-9-11-20(23(28)29)25-13-15/h1-7,9,11-14,23,27-29H. The molecule has 0 aliphatic carbocycles. The second-order valence-electron chi connectivity index (χ2n) is 6.73. The minimum atomic E-state index is -3.96. The molecule has 2 heterocycles. The van der Waals surface area contributed by atoms with Gasteiger partial charge < -0.3 is 10.2 Å². The number of anilines is 1. The van der Waals surface area contributed by atoms with E-state index in [-0.39, 0.29) is 10.6 Å². The van der Waals surface area contributed by atoms with E-state index in [9.17, 15) is 8.42 Å². The third-order valence-electron chi connectivity index (χ3n) is 4.49. The molecule has 160 valence electrons. The highest BCUT2D eigenvalue weighted by Gasteiger charge is 2.19. The van der Waals surface area contributed by atoms with Crippen LogP contribution in [0.25, 0.3) is 10.9 Å². The van der Waals surface area contributed by atoms with Crippen LogP contribution in [0.5, 0.6) is 0 Å². The van der Waals surface area contributed by atoms with Gasteiger partial charge in [-0.1, -0.05) is 47.7 Å². The first-order valence-electron chi connectivity index (χ1n) is 9.34. The maximum Gasteiger partial charge on any atom is 0.264 e. The molecule has 0 fully saturated rings. The Morgan fingerprint density at radius 3 is 2.50 bits per heavy atom. The number of aromatic nitrogens is 2. The molecule has 3 N–H and O–H groups in total. The Labute approximate surface area is 189 Å². The second-order valence-corrected chi connectivity index (χ2v) is 8.82. The minimum Gasteiger partial charge on any atom is -0.363 e. The third kappa shape index (κ3) is 4.72. The number of rotatable bonds is 4. The molecule has 0 bridgehead atoms. The molecule has 9 heteroatoms. The summed E-state index contributed by atoms with van der Waals surface area (Å²) in [5.41, 5.74) is 1.71. The van der Waals surface area contributed by atoms with E-state index < -0.39 is 16.3 Å². The average molecular weight is 466 g/mol. The molecule has 0 saturated heterocycles. The third-order valence-corrected chi connectivity index (χ3v) is 6.10. The molecule has 4 rings (SSSR count). The number of aliphatic hydroxyl groups is 2. The van der Waals surface area contributed by atoms with E-state index in [1.165, 1.54) is 24.5 Å². The molecule has 0 aliphatic heterocycles. The number of para-hydroxylation sites is 2. The number of sulfonamides is 1. The van der Waals surface area contributed by atoms with E-state index in [0.29, 0.717) is 32.7 Å². The monoisotopic (exact) mass is 465 g/mol. The summed E-state index contributed by atoms with van der Waals surface area (Å²) in [7, 11) is -3.96. The first-order valence-corrected chi connectivity index (χ1v) is 11.2. The highest BCUT2D eigenvalue weighted by molar-refractivity contribution is 7.93. The molecule has 32 heavy (non-hydrogen) atoms. The fourth-order valence-corrected chi connectivity index (χ4v) is 4.40. The van der Waals surface area contributed by atoms with Gasteiger partial charge in [-0.05, 0) is 36.4 Å². The molecule has 0 atom stereocenters. The fourth-order valence-electron chi connectivity index (χ4n) is 2.98. The van der Waals surface area contributed by atoms with Crippen molar-refractivity contribution in [3.05, 3.63) is 94.9 Å². The molecule has 0 saturated carbocycles. The van der Waals surface area contributed by atoms with Gasteiger partial charge in [0, 0.05) is 28.9 Å². The van der Waals surface area contributed by atoms with E-state index >= 15 is 0 Å². The molecule has 0 aliphatic rings. The molecule has 2 aromatic carbocycles. The van der Waals surface area contributed by atoms with Crippen molar-refractivity contribution in [2.45, 2.75) is 11.2 Å². The Kier molecular flexibility index (Phi) is 6.08. The van der Waals surface area contributed by atoms with Crippen molar-refractivity contribution < 1.29 is 18.6 Å². The Bertz CT molecular complexity index is 1460. The molecule has 0 unspecified atom stereocenters. The van der Waals surface area contributed by atoms with Gasteiger partial charge in [0.1, 0.15) is 4.90 Å². The van der Waals surface area contributed by atoms with Gasteiger partial charge >= 0.3 is 0 Å². The van der Waals surface area contributed by atoms with Crippen LogP contribution in [0.15, 0.2) is 78.0 Å². The number of fused-ring (bicyclic) bond motifs is 1. The lowest BCUT2D eigenvalue weighted by atomic mass is 10.1. The van der Waals surface area contributed by atoms with Crippen LogP contribution in [0.3, 0.4) is 0 Å². The van der Waals surface area contributed by atoms with Crippen molar-refractivity contribution in [2.24, 2.45) is 0 Å². The number of halogens is 1. The largest absolute Gasteiger partial charge is 0.363 e. The fraction of sp³-hybridized carbons (Fsp3) is 0.0435. The first-order chi connectivity index (χ1) is 15.3. The Balaban J connectivity index is 1.67. The summed E-state index contributed by atoms with van der Waals surface area (Å²) in [5.74, 6) is 5.81. The first kappa shape index (κ1) is 21.7. The van der Waals surface area contributed by atoms with Gasteiger partial charge in [0.25, 0.3) is 10.0 Å². The predicted octanol–water partition coefficient (Wildman–Crippen LogP) is 3.47. The highest BCUT2D eigenvalue weighted by Crippen LogP contribution is 2.26. The molecular weight excluding hydrogens is 450 g/mol. The van der Waals surface area contributed by atoms with Crippen molar-refractivity contribution in [2.75, 3.05) is 4.72 Å². The molecule has 0 spiro atoms. The van der Waals surface area contributed by atoms with E-state index in [1.807, 2.05) is 0 Å². The van der Waals surface area contributed by atoms with E-state index in [2.05, 4.69) is 26.5 Å². The molecule has 2 aromatic heterocycles. The van der Waals surface area contributed by atoms with Crippen LogP contribution < -0.4 is 4.72 Å². The molecule has 4 aromatic rings. The SMILES string of the molecule is O=S(=O)(Nc1ccccc1C#Cc1ccc(C(O)O)nc1)c1cccc2cc(Cl)cnc12. The van der Waals surface area contributed by atoms with Crippen molar-refractivity contribution in [1.82, 2.24) is 9.97 Å². The number of nitrogens with zero attached hydrogens (tertiary/aromatic N) is 2. The van der Waals surface area contributed by atoms with Crippen LogP contribution in [0, 0.1) is 11.8 Å². The van der Waals surface area contributed by atoms with Gasteiger partial charge in [0.2, 0.25) is 0 Å². The van der Waals surface area contributed by atoms with Crippen molar-refractivity contribution in [3.8, 4) is 11.8 Å². The van der Waals surface area contributed by atoms with Gasteiger partial charge in [-0.2, -0.15) is 0 Å². The number of pyridine rings is 2. The Morgan fingerprint density at radius 1 is 0.938 bits per heavy atom. The molecule has 0 amide bonds. The second kappa shape index (κ2) is 8.94. The lowest BCUT2D eigenvalue weighted by Gasteiger charge is -2.11. The number of nitrogens with one attached hydrogen (secondary N) is 1. The highest BCUT2D eigenvalue weighted by atomic mass is 35.5. The van der Waals surface area contributed by atoms with Gasteiger partial charge in [0.15, 0.2) is 6.29 Å². The van der Waals surface area contributed by atoms with E-state index in [0.717, 1.165) is 0 Å². The van der Waals surface area contributed by atoms with Crippen LogP contribution in [0.2, 0.25) is 5.02 Å². The average Bonchev–Trinajstić information content (AvgIpc) is 2.78. The van der Waals surface area contributed by atoms with Gasteiger partial charge in [0.05, 0.1) is 21.9 Å². The van der Waals surface area contributed by atoms with Gasteiger partial charge in [-0.15, -0.1) is 0 Å². The van der Waals surface area contributed by atoms with Crippen LogP contribution in [-0.2, 0) is 10.0 Å². The summed E-state index contributed by atoms with van der Waals surface area (Å²) in [6.45, 7) is 0. The lowest BCUT2D eigenvalue weighted by Crippen LogP contribution is -2.14. The van der Waals surface area contributed by atoms with Gasteiger partial charge in [-0.3, -0.25) is 14.7 Å². The minimum absolute atomic E-state index is 0.0248. The summed E-state index contributed by atoms with van der Waals surface area (Å²) >= 11 is 5.97. The Hall–Kier alpha value is -3.48. The normalized spacial score (nSPS) is 11.2. The number of benzene rings is 2. The van der Waals surface area contributed by atoms with Crippen molar-refractivity contribution in [3.63, 3.8) is 0 Å². The molecular formula is C23H16ClN3O4S. The van der Waals surface area contributed by atoms with Crippen LogP contribution >= 0.6 is 11.6 Å². The van der Waals surface area contributed by atoms with Crippen molar-refractivity contribution in [1.29, 1.82) is 0 Å². The summed E-state index contributed by atoms with van der Waals surface area (Å²) < 4.78 is 28.9. The van der Waals surface area contributed by atoms with E-state index in [1.54, 1.807) is 48.5 Å². The topological polar surface area (TPSA) is 112 Å². The zero-order valence-electron chi connectivity index (χ0n) is 16.4. The van der Waals surface area contributed by atoms with Gasteiger partial charge in [-0.25, -0.2) is 8.42 Å². The summed E-state index contributed by atoms with van der Waals surface area (Å²) in [6.07, 6.45) is 1.14. The zero-order valence-corrected chi connectivity index (χ0v) is 18.0. The summed E-state index contributed by atoms with van der Waals surface area (Å²) in [6, 6.07) is 16.3. The maximum atomic E-state index is 13.1. The number of aliphatic hydroxyl groups excluding tert-OH is 1. The summed E-state index contributed by atoms with van der Waals surface area (Å²) in [5, 5.41) is 19.3. The molecule has 0 radical (unpaired) electrons. The van der Waals surface area contributed by atoms with Crippen LogP contribution in [0.4, 0.5) is 5.69 Å². The predicted molar refractivity (Wildman–Crippen MR) is 121 cm³/mol. The number of hydrogen-bond donors (Lipinski definition) is 3. The lowest BCUT2D eigenvalue weighted by molar-refractivity contribution is -0.0458.